The molecular formula is C15H28O2. The molecule has 2 heteroatoms. The van der Waals surface area contributed by atoms with Gasteiger partial charge in [-0.15, -0.1) is 0 Å². The zero-order valence-corrected chi connectivity index (χ0v) is 11.1. The van der Waals surface area contributed by atoms with Crippen LogP contribution < -0.4 is 0 Å². The third kappa shape index (κ3) is 6.85. The molecule has 0 spiro atoms. The molecule has 0 aromatic carbocycles. The normalized spacial score (nSPS) is 27.5. The summed E-state index contributed by atoms with van der Waals surface area (Å²) in [6.07, 6.45) is 13.7. The van der Waals surface area contributed by atoms with Gasteiger partial charge in [-0.05, 0) is 57.3 Å². The van der Waals surface area contributed by atoms with Crippen LogP contribution in [0.1, 0.15) is 64.7 Å². The van der Waals surface area contributed by atoms with Crippen molar-refractivity contribution >= 4 is 0 Å². The van der Waals surface area contributed by atoms with Gasteiger partial charge in [0.15, 0.2) is 0 Å². The second kappa shape index (κ2) is 8.71. The van der Waals surface area contributed by atoms with Crippen LogP contribution in [-0.4, -0.2) is 22.4 Å². The Labute approximate surface area is 106 Å². The first kappa shape index (κ1) is 14.7. The highest BCUT2D eigenvalue weighted by Crippen LogP contribution is 2.25. The van der Waals surface area contributed by atoms with Crippen molar-refractivity contribution in [3.8, 4) is 0 Å². The highest BCUT2D eigenvalue weighted by Gasteiger charge is 2.16. The van der Waals surface area contributed by atoms with Gasteiger partial charge in [0.1, 0.15) is 0 Å². The molecule has 1 aliphatic carbocycles. The summed E-state index contributed by atoms with van der Waals surface area (Å²) in [6.45, 7) is 2.11. The van der Waals surface area contributed by atoms with Gasteiger partial charge in [0.2, 0.25) is 0 Å². The molecule has 0 aromatic heterocycles. The molecule has 0 saturated heterocycles. The van der Waals surface area contributed by atoms with Gasteiger partial charge in [0.25, 0.3) is 0 Å². The summed E-state index contributed by atoms with van der Waals surface area (Å²) in [5, 5.41) is 19.0. The predicted molar refractivity (Wildman–Crippen MR) is 71.9 cm³/mol. The molecule has 2 N–H and O–H groups in total. The van der Waals surface area contributed by atoms with Gasteiger partial charge >= 0.3 is 0 Å². The Balaban J connectivity index is 2.02. The van der Waals surface area contributed by atoms with Crippen LogP contribution in [0.4, 0.5) is 0 Å². The van der Waals surface area contributed by atoms with Crippen LogP contribution in [0.15, 0.2) is 12.2 Å². The van der Waals surface area contributed by atoms with E-state index in [1.54, 1.807) is 0 Å². The third-order valence-corrected chi connectivity index (χ3v) is 3.68. The molecular weight excluding hydrogens is 212 g/mol. The highest BCUT2D eigenvalue weighted by molar-refractivity contribution is 4.91. The number of unbranched alkanes of at least 4 members (excludes halogenated alkanes) is 1. The lowest BCUT2D eigenvalue weighted by Crippen LogP contribution is -2.16. The van der Waals surface area contributed by atoms with Gasteiger partial charge in [0.05, 0.1) is 12.2 Å². The van der Waals surface area contributed by atoms with Gasteiger partial charge in [-0.3, -0.25) is 0 Å². The summed E-state index contributed by atoms with van der Waals surface area (Å²) in [7, 11) is 0. The summed E-state index contributed by atoms with van der Waals surface area (Å²) in [6, 6.07) is 0. The fourth-order valence-electron chi connectivity index (χ4n) is 2.53. The summed E-state index contributed by atoms with van der Waals surface area (Å²) >= 11 is 0. The molecule has 1 rings (SSSR count). The van der Waals surface area contributed by atoms with Crippen LogP contribution in [0.25, 0.3) is 0 Å². The molecule has 0 aliphatic heterocycles. The minimum Gasteiger partial charge on any atom is -0.393 e. The Morgan fingerprint density at radius 1 is 1.18 bits per heavy atom. The zero-order valence-electron chi connectivity index (χ0n) is 11.1. The molecule has 0 bridgehead atoms. The first-order valence-corrected chi connectivity index (χ1v) is 7.25. The Kier molecular flexibility index (Phi) is 7.54. The number of hydrogen-bond acceptors (Lipinski definition) is 2. The number of aliphatic hydroxyl groups excluding tert-OH is 2. The van der Waals surface area contributed by atoms with Crippen molar-refractivity contribution in [1.82, 2.24) is 0 Å². The Morgan fingerprint density at radius 2 is 1.88 bits per heavy atom. The van der Waals surface area contributed by atoms with Crippen molar-refractivity contribution in [3.05, 3.63) is 12.2 Å². The lowest BCUT2D eigenvalue weighted by molar-refractivity contribution is 0.118. The van der Waals surface area contributed by atoms with Crippen molar-refractivity contribution < 1.29 is 10.2 Å². The maximum Gasteiger partial charge on any atom is 0.0540 e. The van der Waals surface area contributed by atoms with E-state index < -0.39 is 0 Å². The van der Waals surface area contributed by atoms with Crippen LogP contribution in [-0.2, 0) is 0 Å². The number of allylic oxidation sites excluding steroid dienone is 2. The SMILES string of the molecule is CCCC(O)CCC/C=C\C1CCC(O)CC1. The van der Waals surface area contributed by atoms with E-state index in [1.807, 2.05) is 0 Å². The van der Waals surface area contributed by atoms with E-state index >= 15 is 0 Å². The molecule has 2 nitrogen and oxygen atoms in total. The first-order valence-electron chi connectivity index (χ1n) is 7.25. The smallest absolute Gasteiger partial charge is 0.0540 e. The van der Waals surface area contributed by atoms with Crippen LogP contribution in [0.3, 0.4) is 0 Å². The monoisotopic (exact) mass is 240 g/mol. The largest absolute Gasteiger partial charge is 0.393 e. The van der Waals surface area contributed by atoms with Crippen LogP contribution in [0, 0.1) is 5.92 Å². The van der Waals surface area contributed by atoms with Gasteiger partial charge in [-0.25, -0.2) is 0 Å². The quantitative estimate of drug-likeness (QED) is 0.529. The Morgan fingerprint density at radius 3 is 2.53 bits per heavy atom. The van der Waals surface area contributed by atoms with E-state index in [2.05, 4.69) is 19.1 Å². The fraction of sp³-hybridized carbons (Fsp3) is 0.867. The minimum absolute atomic E-state index is 0.0520. The van der Waals surface area contributed by atoms with Crippen molar-refractivity contribution in [2.75, 3.05) is 0 Å². The maximum atomic E-state index is 9.57. The van der Waals surface area contributed by atoms with Gasteiger partial charge < -0.3 is 10.2 Å². The average Bonchev–Trinajstić information content (AvgIpc) is 2.31. The van der Waals surface area contributed by atoms with E-state index in [1.165, 1.54) is 0 Å². The minimum atomic E-state index is -0.0989. The lowest BCUT2D eigenvalue weighted by atomic mass is 9.87. The molecule has 1 saturated carbocycles. The molecule has 1 atom stereocenters. The highest BCUT2D eigenvalue weighted by atomic mass is 16.3. The van der Waals surface area contributed by atoms with Crippen molar-refractivity contribution in [1.29, 1.82) is 0 Å². The Bertz CT molecular complexity index is 205. The molecule has 1 unspecified atom stereocenters. The summed E-state index contributed by atoms with van der Waals surface area (Å²) in [4.78, 5) is 0. The Hall–Kier alpha value is -0.340. The van der Waals surface area contributed by atoms with Crippen molar-refractivity contribution in [3.63, 3.8) is 0 Å². The first-order chi connectivity index (χ1) is 8.22. The van der Waals surface area contributed by atoms with E-state index in [0.29, 0.717) is 5.92 Å². The second-order valence-electron chi connectivity index (χ2n) is 5.37. The number of rotatable bonds is 7. The van der Waals surface area contributed by atoms with E-state index in [0.717, 1.165) is 57.8 Å². The molecule has 0 radical (unpaired) electrons. The lowest BCUT2D eigenvalue weighted by Gasteiger charge is -2.22. The molecule has 1 aliphatic rings. The standard InChI is InChI=1S/C15H28O2/c1-2-6-14(16)8-5-3-4-7-13-9-11-15(17)12-10-13/h4,7,13-17H,2-3,5-6,8-12H2,1H3/b7-4-. The second-order valence-corrected chi connectivity index (χ2v) is 5.37. The number of aliphatic hydroxyl groups is 2. The predicted octanol–water partition coefficient (Wildman–Crippen LogP) is 3.43. The van der Waals surface area contributed by atoms with Crippen molar-refractivity contribution in [2.45, 2.75) is 76.9 Å². The third-order valence-electron chi connectivity index (χ3n) is 3.68. The summed E-state index contributed by atoms with van der Waals surface area (Å²) in [5.74, 6) is 0.680. The molecule has 17 heavy (non-hydrogen) atoms. The number of hydrogen-bond donors (Lipinski definition) is 2. The average molecular weight is 240 g/mol. The fourth-order valence-corrected chi connectivity index (χ4v) is 2.53. The van der Waals surface area contributed by atoms with Crippen LogP contribution in [0.2, 0.25) is 0 Å². The molecule has 0 aromatic rings. The van der Waals surface area contributed by atoms with Gasteiger partial charge in [0, 0.05) is 0 Å². The van der Waals surface area contributed by atoms with Crippen LogP contribution in [0.5, 0.6) is 0 Å². The molecule has 0 amide bonds. The zero-order chi connectivity index (χ0) is 12.5. The van der Waals surface area contributed by atoms with Gasteiger partial charge in [-0.2, -0.15) is 0 Å². The molecule has 0 heterocycles. The van der Waals surface area contributed by atoms with E-state index in [4.69, 9.17) is 0 Å². The van der Waals surface area contributed by atoms with Crippen molar-refractivity contribution in [2.24, 2.45) is 5.92 Å². The maximum absolute atomic E-state index is 9.57. The summed E-state index contributed by atoms with van der Waals surface area (Å²) < 4.78 is 0. The van der Waals surface area contributed by atoms with E-state index in [9.17, 15) is 10.2 Å². The molecule has 100 valence electrons. The topological polar surface area (TPSA) is 40.5 Å². The van der Waals surface area contributed by atoms with E-state index in [-0.39, 0.29) is 12.2 Å². The molecule has 1 fully saturated rings. The van der Waals surface area contributed by atoms with Crippen LogP contribution >= 0.6 is 0 Å². The van der Waals surface area contributed by atoms with Gasteiger partial charge in [-0.1, -0.05) is 25.5 Å². The summed E-state index contributed by atoms with van der Waals surface area (Å²) in [5.41, 5.74) is 0.